The lowest BCUT2D eigenvalue weighted by Crippen LogP contribution is -2.21. The zero-order valence-corrected chi connectivity index (χ0v) is 11.7. The molecule has 0 aliphatic heterocycles. The van der Waals surface area contributed by atoms with E-state index in [4.69, 9.17) is 4.74 Å². The van der Waals surface area contributed by atoms with Crippen molar-refractivity contribution in [3.63, 3.8) is 0 Å². The summed E-state index contributed by atoms with van der Waals surface area (Å²) in [6.45, 7) is 3.22. The van der Waals surface area contributed by atoms with Crippen LogP contribution in [0.5, 0.6) is 5.75 Å². The van der Waals surface area contributed by atoms with E-state index in [2.05, 4.69) is 40.5 Å². The van der Waals surface area contributed by atoms with Crippen LogP contribution in [0.25, 0.3) is 0 Å². The monoisotopic (exact) mass is 267 g/mol. The molecule has 0 aliphatic rings. The summed E-state index contributed by atoms with van der Waals surface area (Å²) in [7, 11) is 1.71. The fraction of sp³-hybridized carbons (Fsp3) is 0.385. The normalized spacial score (nSPS) is 12.6. The zero-order valence-electron chi connectivity index (χ0n) is 10.1. The van der Waals surface area contributed by atoms with Crippen molar-refractivity contribution >= 4 is 22.7 Å². The Bertz CT molecular complexity index is 436. The number of nitrogens with one attached hydrogen (secondary N) is 1. The quantitative estimate of drug-likeness (QED) is 0.857. The standard InChI is InChI=1S/C13H17NOS2/c1-3-5-14-13(10-4-6-16-8-10)12-7-11(15-2)9-17-12/h4,6-9,13-14H,3,5H2,1-2H3. The molecule has 0 saturated heterocycles. The molecular formula is C13H17NOS2. The third-order valence-electron chi connectivity index (χ3n) is 2.59. The summed E-state index contributed by atoms with van der Waals surface area (Å²) >= 11 is 3.49. The molecule has 2 nitrogen and oxygen atoms in total. The SMILES string of the molecule is CCCNC(c1ccsc1)c1cc(OC)cs1. The fourth-order valence-electron chi connectivity index (χ4n) is 1.70. The Morgan fingerprint density at radius 3 is 2.88 bits per heavy atom. The average Bonchev–Trinajstić information content (AvgIpc) is 3.00. The number of thiophene rings is 2. The number of hydrogen-bond acceptors (Lipinski definition) is 4. The van der Waals surface area contributed by atoms with E-state index >= 15 is 0 Å². The molecule has 0 fully saturated rings. The molecule has 0 aliphatic carbocycles. The summed E-state index contributed by atoms with van der Waals surface area (Å²) < 4.78 is 5.25. The molecule has 0 bridgehead atoms. The first-order chi connectivity index (χ1) is 8.35. The topological polar surface area (TPSA) is 21.3 Å². The Kier molecular flexibility index (Phi) is 4.59. The van der Waals surface area contributed by atoms with Crippen LogP contribution in [0.2, 0.25) is 0 Å². The molecule has 2 aromatic heterocycles. The lowest BCUT2D eigenvalue weighted by molar-refractivity contribution is 0.416. The molecule has 0 spiro atoms. The van der Waals surface area contributed by atoms with Crippen molar-refractivity contribution in [2.24, 2.45) is 0 Å². The van der Waals surface area contributed by atoms with Crippen molar-refractivity contribution in [1.29, 1.82) is 0 Å². The van der Waals surface area contributed by atoms with E-state index in [1.165, 1.54) is 10.4 Å². The molecule has 0 saturated carbocycles. The van der Waals surface area contributed by atoms with Crippen LogP contribution in [-0.4, -0.2) is 13.7 Å². The molecule has 1 unspecified atom stereocenters. The lowest BCUT2D eigenvalue weighted by atomic mass is 10.1. The third-order valence-corrected chi connectivity index (χ3v) is 4.27. The number of methoxy groups -OCH3 is 1. The highest BCUT2D eigenvalue weighted by atomic mass is 32.1. The predicted octanol–water partition coefficient (Wildman–Crippen LogP) is 3.91. The van der Waals surface area contributed by atoms with Gasteiger partial charge in [0.25, 0.3) is 0 Å². The molecule has 0 radical (unpaired) electrons. The van der Waals surface area contributed by atoms with Gasteiger partial charge in [0, 0.05) is 10.3 Å². The van der Waals surface area contributed by atoms with Crippen LogP contribution in [0.15, 0.2) is 28.3 Å². The van der Waals surface area contributed by atoms with Crippen molar-refractivity contribution in [3.8, 4) is 5.75 Å². The first kappa shape index (κ1) is 12.6. The molecule has 1 atom stereocenters. The fourth-order valence-corrected chi connectivity index (χ4v) is 3.35. The van der Waals surface area contributed by atoms with Gasteiger partial charge in [0.1, 0.15) is 5.75 Å². The zero-order chi connectivity index (χ0) is 12.1. The third kappa shape index (κ3) is 3.09. The summed E-state index contributed by atoms with van der Waals surface area (Å²) in [6, 6.07) is 4.61. The van der Waals surface area contributed by atoms with Crippen molar-refractivity contribution < 1.29 is 4.74 Å². The van der Waals surface area contributed by atoms with E-state index in [0.717, 1.165) is 18.7 Å². The smallest absolute Gasteiger partial charge is 0.129 e. The Hall–Kier alpha value is -0.840. The molecule has 2 heterocycles. The molecular weight excluding hydrogens is 250 g/mol. The molecule has 0 aromatic carbocycles. The highest BCUT2D eigenvalue weighted by Crippen LogP contribution is 2.31. The second kappa shape index (κ2) is 6.19. The van der Waals surface area contributed by atoms with Gasteiger partial charge in [0.05, 0.1) is 13.2 Å². The van der Waals surface area contributed by atoms with Crippen LogP contribution in [0.4, 0.5) is 0 Å². The lowest BCUT2D eigenvalue weighted by Gasteiger charge is -2.15. The van der Waals surface area contributed by atoms with E-state index in [9.17, 15) is 0 Å². The van der Waals surface area contributed by atoms with Gasteiger partial charge in [-0.2, -0.15) is 11.3 Å². The van der Waals surface area contributed by atoms with E-state index in [-0.39, 0.29) is 0 Å². The van der Waals surface area contributed by atoms with Gasteiger partial charge in [0.15, 0.2) is 0 Å². The Morgan fingerprint density at radius 2 is 2.29 bits per heavy atom. The van der Waals surface area contributed by atoms with Crippen molar-refractivity contribution in [1.82, 2.24) is 5.32 Å². The van der Waals surface area contributed by atoms with E-state index in [1.807, 2.05) is 0 Å². The van der Waals surface area contributed by atoms with E-state index in [1.54, 1.807) is 29.8 Å². The van der Waals surface area contributed by atoms with Gasteiger partial charge in [-0.05, 0) is 41.4 Å². The Morgan fingerprint density at radius 1 is 1.41 bits per heavy atom. The maximum absolute atomic E-state index is 5.25. The molecule has 4 heteroatoms. The Balaban J connectivity index is 2.20. The van der Waals surface area contributed by atoms with Crippen LogP contribution < -0.4 is 10.1 Å². The largest absolute Gasteiger partial charge is 0.496 e. The number of ether oxygens (including phenoxy) is 1. The number of rotatable bonds is 6. The van der Waals surface area contributed by atoms with Gasteiger partial charge in [-0.15, -0.1) is 11.3 Å². The molecule has 92 valence electrons. The number of hydrogen-bond donors (Lipinski definition) is 1. The maximum Gasteiger partial charge on any atom is 0.129 e. The average molecular weight is 267 g/mol. The van der Waals surface area contributed by atoms with Gasteiger partial charge in [-0.3, -0.25) is 0 Å². The molecule has 2 aromatic rings. The van der Waals surface area contributed by atoms with Gasteiger partial charge >= 0.3 is 0 Å². The van der Waals surface area contributed by atoms with Gasteiger partial charge in [-0.1, -0.05) is 6.92 Å². The highest BCUT2D eigenvalue weighted by Gasteiger charge is 2.16. The van der Waals surface area contributed by atoms with Gasteiger partial charge in [-0.25, -0.2) is 0 Å². The molecule has 0 amide bonds. The van der Waals surface area contributed by atoms with E-state index < -0.39 is 0 Å². The summed E-state index contributed by atoms with van der Waals surface area (Å²) in [4.78, 5) is 1.31. The van der Waals surface area contributed by atoms with Crippen LogP contribution in [0.1, 0.15) is 29.8 Å². The van der Waals surface area contributed by atoms with Crippen molar-refractivity contribution in [3.05, 3.63) is 38.7 Å². The first-order valence-corrected chi connectivity index (χ1v) is 7.55. The summed E-state index contributed by atoms with van der Waals surface area (Å²) in [5.74, 6) is 0.948. The minimum absolute atomic E-state index is 0.301. The summed E-state index contributed by atoms with van der Waals surface area (Å²) in [6.07, 6.45) is 1.14. The van der Waals surface area contributed by atoms with Crippen molar-refractivity contribution in [2.45, 2.75) is 19.4 Å². The minimum atomic E-state index is 0.301. The molecule has 17 heavy (non-hydrogen) atoms. The van der Waals surface area contributed by atoms with Crippen LogP contribution >= 0.6 is 22.7 Å². The summed E-state index contributed by atoms with van der Waals surface area (Å²) in [5, 5.41) is 9.98. The van der Waals surface area contributed by atoms with Gasteiger partial charge in [0.2, 0.25) is 0 Å². The van der Waals surface area contributed by atoms with E-state index in [0.29, 0.717) is 6.04 Å². The summed E-state index contributed by atoms with van der Waals surface area (Å²) in [5.41, 5.74) is 1.34. The Labute approximate surface area is 110 Å². The minimum Gasteiger partial charge on any atom is -0.496 e. The van der Waals surface area contributed by atoms with Crippen LogP contribution in [-0.2, 0) is 0 Å². The predicted molar refractivity (Wildman–Crippen MR) is 75.3 cm³/mol. The highest BCUT2D eigenvalue weighted by molar-refractivity contribution is 7.10. The van der Waals surface area contributed by atoms with Crippen molar-refractivity contribution in [2.75, 3.05) is 13.7 Å². The second-order valence-corrected chi connectivity index (χ2v) is 5.56. The van der Waals surface area contributed by atoms with Gasteiger partial charge < -0.3 is 10.1 Å². The molecule has 1 N–H and O–H groups in total. The maximum atomic E-state index is 5.25. The molecule has 2 rings (SSSR count). The van der Waals surface area contributed by atoms with Crippen LogP contribution in [0.3, 0.4) is 0 Å². The second-order valence-electron chi connectivity index (χ2n) is 3.83. The van der Waals surface area contributed by atoms with Crippen LogP contribution in [0, 0.1) is 0 Å². The first-order valence-electron chi connectivity index (χ1n) is 5.73.